The van der Waals surface area contributed by atoms with Crippen LogP contribution >= 0.6 is 0 Å². The molecule has 190 valence electrons. The maximum atomic E-state index is 12.4. The largest absolute Gasteiger partial charge is 0.480 e. The molecule has 0 spiro atoms. The second-order valence-corrected chi connectivity index (χ2v) is 8.77. The van der Waals surface area contributed by atoms with Crippen molar-refractivity contribution in [3.05, 3.63) is 95.8 Å². The summed E-state index contributed by atoms with van der Waals surface area (Å²) >= 11 is 0. The minimum Gasteiger partial charge on any atom is -0.480 e. The summed E-state index contributed by atoms with van der Waals surface area (Å²) in [4.78, 5) is 40.0. The van der Waals surface area contributed by atoms with Gasteiger partial charge >= 0.3 is 12.1 Å². The topological polar surface area (TPSA) is 118 Å². The summed E-state index contributed by atoms with van der Waals surface area (Å²) in [5.74, 6) is -1.47. The Kier molecular flexibility index (Phi) is 8.65. The van der Waals surface area contributed by atoms with Crippen molar-refractivity contribution in [3.8, 4) is 11.1 Å². The highest BCUT2D eigenvalue weighted by molar-refractivity contribution is 5.91. The number of benzene rings is 2. The molecule has 1 unspecified atom stereocenters. The molecular formula is C29H29N3O5. The quantitative estimate of drug-likeness (QED) is 0.266. The number of nitrogens with one attached hydrogen (secondary N) is 2. The molecule has 0 bridgehead atoms. The van der Waals surface area contributed by atoms with Crippen molar-refractivity contribution in [2.45, 2.75) is 31.2 Å². The zero-order valence-corrected chi connectivity index (χ0v) is 20.3. The minimum absolute atomic E-state index is 0.0998. The fraction of sp³-hybridized carbons (Fsp3) is 0.241. The van der Waals surface area contributed by atoms with Crippen molar-refractivity contribution >= 4 is 24.0 Å². The van der Waals surface area contributed by atoms with E-state index in [2.05, 4.69) is 15.6 Å². The molecule has 0 radical (unpaired) electrons. The number of carbonyl (C=O) groups excluding carboxylic acids is 2. The maximum absolute atomic E-state index is 12.4. The lowest BCUT2D eigenvalue weighted by atomic mass is 9.98. The van der Waals surface area contributed by atoms with Crippen LogP contribution in [0.2, 0.25) is 0 Å². The van der Waals surface area contributed by atoms with Crippen molar-refractivity contribution in [2.24, 2.45) is 0 Å². The van der Waals surface area contributed by atoms with Gasteiger partial charge in [-0.25, -0.2) is 9.59 Å². The molecule has 37 heavy (non-hydrogen) atoms. The van der Waals surface area contributed by atoms with Crippen LogP contribution < -0.4 is 10.6 Å². The van der Waals surface area contributed by atoms with E-state index < -0.39 is 18.1 Å². The Morgan fingerprint density at radius 2 is 1.68 bits per heavy atom. The van der Waals surface area contributed by atoms with E-state index in [0.29, 0.717) is 19.4 Å². The molecule has 1 aliphatic rings. The average molecular weight is 500 g/mol. The van der Waals surface area contributed by atoms with Crippen molar-refractivity contribution in [1.82, 2.24) is 15.6 Å². The van der Waals surface area contributed by atoms with Gasteiger partial charge in [0, 0.05) is 30.9 Å². The Labute approximate surface area is 215 Å². The molecule has 3 aromatic rings. The third-order valence-corrected chi connectivity index (χ3v) is 6.26. The first-order chi connectivity index (χ1) is 18.0. The molecule has 3 N–H and O–H groups in total. The second-order valence-electron chi connectivity index (χ2n) is 8.77. The van der Waals surface area contributed by atoms with Crippen LogP contribution in [-0.4, -0.2) is 47.3 Å². The van der Waals surface area contributed by atoms with Crippen molar-refractivity contribution in [2.75, 3.05) is 13.2 Å². The SMILES string of the molecule is O=C(C=Cc1cccnc1)NCCCCC(NC(=O)OCC1c2ccccc2-c2ccccc21)C(=O)O. The lowest BCUT2D eigenvalue weighted by Crippen LogP contribution is -2.41. The molecule has 1 heterocycles. The van der Waals surface area contributed by atoms with Crippen LogP contribution in [0, 0.1) is 0 Å². The van der Waals surface area contributed by atoms with Crippen LogP contribution in [0.3, 0.4) is 0 Å². The number of carboxylic acids is 1. The van der Waals surface area contributed by atoms with Crippen LogP contribution in [0.25, 0.3) is 17.2 Å². The van der Waals surface area contributed by atoms with Gasteiger partial charge in [-0.05, 0) is 59.2 Å². The molecule has 0 fully saturated rings. The number of carboxylic acid groups (broad SMARTS) is 1. The van der Waals surface area contributed by atoms with E-state index in [4.69, 9.17) is 4.74 Å². The van der Waals surface area contributed by atoms with Gasteiger partial charge in [-0.1, -0.05) is 54.6 Å². The first kappa shape index (κ1) is 25.6. The predicted molar refractivity (Wildman–Crippen MR) is 140 cm³/mol. The van der Waals surface area contributed by atoms with Crippen molar-refractivity contribution < 1.29 is 24.2 Å². The van der Waals surface area contributed by atoms with Gasteiger partial charge in [-0.15, -0.1) is 0 Å². The smallest absolute Gasteiger partial charge is 0.407 e. The molecule has 8 nitrogen and oxygen atoms in total. The highest BCUT2D eigenvalue weighted by atomic mass is 16.5. The van der Waals surface area contributed by atoms with Crippen LogP contribution in [0.5, 0.6) is 0 Å². The summed E-state index contributed by atoms with van der Waals surface area (Å²) in [6.45, 7) is 0.512. The average Bonchev–Trinajstić information content (AvgIpc) is 3.24. The lowest BCUT2D eigenvalue weighted by Gasteiger charge is -2.17. The van der Waals surface area contributed by atoms with Gasteiger partial charge in [0.2, 0.25) is 5.91 Å². The number of aromatic nitrogens is 1. The Morgan fingerprint density at radius 1 is 0.973 bits per heavy atom. The monoisotopic (exact) mass is 499 g/mol. The maximum Gasteiger partial charge on any atom is 0.407 e. The number of carbonyl (C=O) groups is 3. The van der Waals surface area contributed by atoms with Gasteiger partial charge in [0.05, 0.1) is 0 Å². The molecule has 4 rings (SSSR count). The number of ether oxygens (including phenoxy) is 1. The minimum atomic E-state index is -1.13. The number of pyridine rings is 1. The van der Waals surface area contributed by atoms with E-state index in [1.165, 1.54) is 6.08 Å². The summed E-state index contributed by atoms with van der Waals surface area (Å²) in [5, 5.41) is 14.8. The molecular weight excluding hydrogens is 470 g/mol. The van der Waals surface area contributed by atoms with Crippen LogP contribution in [0.4, 0.5) is 4.79 Å². The third-order valence-electron chi connectivity index (χ3n) is 6.26. The molecule has 2 aromatic carbocycles. The predicted octanol–water partition coefficient (Wildman–Crippen LogP) is 4.37. The van der Waals surface area contributed by atoms with Crippen molar-refractivity contribution in [1.29, 1.82) is 0 Å². The van der Waals surface area contributed by atoms with Gasteiger partial charge in [0.1, 0.15) is 12.6 Å². The number of unbranched alkanes of at least 4 members (excludes halogenated alkanes) is 1. The van der Waals surface area contributed by atoms with E-state index >= 15 is 0 Å². The zero-order valence-electron chi connectivity index (χ0n) is 20.3. The van der Waals surface area contributed by atoms with Gasteiger partial charge in [-0.3, -0.25) is 9.78 Å². The fourth-order valence-corrected chi connectivity index (χ4v) is 4.43. The standard InChI is InChI=1S/C29H29N3O5/c33-27(15-14-20-8-7-16-30-18-20)31-17-6-5-13-26(28(34)35)32-29(36)37-19-25-23-11-3-1-9-21(23)22-10-2-4-12-24(22)25/h1-4,7-12,14-16,18,25-26H,5-6,13,17,19H2,(H,31,33)(H,32,36)(H,34,35). The van der Waals surface area contributed by atoms with Crippen LogP contribution in [0.15, 0.2) is 79.1 Å². The third kappa shape index (κ3) is 6.82. The van der Waals surface area contributed by atoms with Crippen molar-refractivity contribution in [3.63, 3.8) is 0 Å². The summed E-state index contributed by atoms with van der Waals surface area (Å²) in [6, 6.07) is 18.6. The molecule has 1 aromatic heterocycles. The number of amides is 2. The Hall–Kier alpha value is -4.46. The van der Waals surface area contributed by atoms with Gasteiger partial charge < -0.3 is 20.5 Å². The summed E-state index contributed by atoms with van der Waals surface area (Å²) in [7, 11) is 0. The molecule has 2 amide bonds. The second kappa shape index (κ2) is 12.5. The molecule has 0 saturated heterocycles. The Bertz CT molecular complexity index is 1230. The number of aliphatic carboxylic acids is 1. The number of rotatable bonds is 11. The molecule has 1 atom stereocenters. The highest BCUT2D eigenvalue weighted by Gasteiger charge is 2.29. The fourth-order valence-electron chi connectivity index (χ4n) is 4.43. The Morgan fingerprint density at radius 3 is 2.32 bits per heavy atom. The first-order valence-electron chi connectivity index (χ1n) is 12.2. The molecule has 0 saturated carbocycles. The zero-order chi connectivity index (χ0) is 26.0. The van der Waals surface area contributed by atoms with Gasteiger partial charge in [-0.2, -0.15) is 0 Å². The van der Waals surface area contributed by atoms with E-state index in [1.807, 2.05) is 54.6 Å². The molecule has 8 heteroatoms. The number of nitrogens with zero attached hydrogens (tertiary/aromatic N) is 1. The summed E-state index contributed by atoms with van der Waals surface area (Å²) in [5.41, 5.74) is 5.24. The number of hydrogen-bond acceptors (Lipinski definition) is 5. The van der Waals surface area contributed by atoms with Crippen LogP contribution in [0.1, 0.15) is 41.9 Å². The number of alkyl carbamates (subject to hydrolysis) is 1. The summed E-state index contributed by atoms with van der Waals surface area (Å²) < 4.78 is 5.46. The first-order valence-corrected chi connectivity index (χ1v) is 12.2. The molecule has 0 aliphatic heterocycles. The Balaban J connectivity index is 1.20. The van der Waals surface area contributed by atoms with E-state index in [0.717, 1.165) is 27.8 Å². The van der Waals surface area contributed by atoms with E-state index in [9.17, 15) is 19.5 Å². The highest BCUT2D eigenvalue weighted by Crippen LogP contribution is 2.44. The number of hydrogen-bond donors (Lipinski definition) is 3. The summed E-state index contributed by atoms with van der Waals surface area (Å²) in [6.07, 6.45) is 6.94. The van der Waals surface area contributed by atoms with E-state index in [1.54, 1.807) is 24.5 Å². The molecule has 1 aliphatic carbocycles. The van der Waals surface area contributed by atoms with Gasteiger partial charge in [0.25, 0.3) is 0 Å². The van der Waals surface area contributed by atoms with Crippen LogP contribution in [-0.2, 0) is 14.3 Å². The normalized spacial score (nSPS) is 13.0. The number of fused-ring (bicyclic) bond motifs is 3. The van der Waals surface area contributed by atoms with E-state index in [-0.39, 0.29) is 24.9 Å². The van der Waals surface area contributed by atoms with Gasteiger partial charge in [0.15, 0.2) is 0 Å². The lowest BCUT2D eigenvalue weighted by molar-refractivity contribution is -0.139.